The molecule has 0 saturated heterocycles. The van der Waals surface area contributed by atoms with Gasteiger partial charge in [-0.25, -0.2) is 9.97 Å². The molecule has 0 radical (unpaired) electrons. The number of aromatic nitrogens is 3. The molecule has 150 valence electrons. The van der Waals surface area contributed by atoms with Gasteiger partial charge in [-0.2, -0.15) is 0 Å². The first-order valence-corrected chi connectivity index (χ1v) is 9.51. The maximum Gasteiger partial charge on any atom is 0.269 e. The van der Waals surface area contributed by atoms with Crippen molar-refractivity contribution in [1.82, 2.24) is 20.4 Å². The normalized spacial score (nSPS) is 10.6. The Balaban J connectivity index is 1.63. The number of hydrogen-bond donors (Lipinski definition) is 3. The average molecular weight is 399 g/mol. The lowest BCUT2D eigenvalue weighted by molar-refractivity contribution is 0.0962. The topological polar surface area (TPSA) is 109 Å². The van der Waals surface area contributed by atoms with Crippen molar-refractivity contribution in [2.75, 3.05) is 22.6 Å². The molecule has 4 rings (SSSR count). The minimum atomic E-state index is -0.321. The smallest absolute Gasteiger partial charge is 0.269 e. The van der Waals surface area contributed by atoms with Crippen molar-refractivity contribution in [3.63, 3.8) is 0 Å². The first-order valence-electron chi connectivity index (χ1n) is 9.51. The highest BCUT2D eigenvalue weighted by molar-refractivity contribution is 5.98. The van der Waals surface area contributed by atoms with E-state index in [2.05, 4.69) is 44.0 Å². The largest absolute Gasteiger partial charge is 0.393 e. The number of anilines is 4. The minimum absolute atomic E-state index is 0.320. The minimum Gasteiger partial charge on any atom is -0.393 e. The van der Waals surface area contributed by atoms with Gasteiger partial charge in [-0.1, -0.05) is 36.4 Å². The third-order valence-corrected chi connectivity index (χ3v) is 4.73. The predicted molar refractivity (Wildman–Crippen MR) is 118 cm³/mol. The molecule has 0 aliphatic heterocycles. The predicted octanol–water partition coefficient (Wildman–Crippen LogP) is 3.52. The Bertz CT molecular complexity index is 1180. The number of benzene rings is 2. The first-order chi connectivity index (χ1) is 14.7. The summed E-state index contributed by atoms with van der Waals surface area (Å²) in [6.07, 6.45) is 4.52. The van der Waals surface area contributed by atoms with Crippen LogP contribution < -0.4 is 21.5 Å². The summed E-state index contributed by atoms with van der Waals surface area (Å²) in [5, 5.41) is 2.23. The average Bonchev–Trinajstić information content (AvgIpc) is 2.80. The third-order valence-electron chi connectivity index (χ3n) is 4.73. The Kier molecular flexibility index (Phi) is 5.38. The van der Waals surface area contributed by atoms with Crippen LogP contribution in [-0.4, -0.2) is 27.4 Å². The van der Waals surface area contributed by atoms with E-state index in [0.717, 1.165) is 16.5 Å². The van der Waals surface area contributed by atoms with Crippen LogP contribution in [0, 0.1) is 0 Å². The van der Waals surface area contributed by atoms with Crippen LogP contribution in [-0.2, 0) is 0 Å². The molecular formula is C22H21N7O. The summed E-state index contributed by atoms with van der Waals surface area (Å²) in [4.78, 5) is 26.8. The van der Waals surface area contributed by atoms with Crippen LogP contribution in [0.1, 0.15) is 17.3 Å². The van der Waals surface area contributed by atoms with Gasteiger partial charge in [-0.15, -0.1) is 0 Å². The molecule has 0 aliphatic rings. The van der Waals surface area contributed by atoms with Gasteiger partial charge in [-0.05, 0) is 30.5 Å². The van der Waals surface area contributed by atoms with Gasteiger partial charge in [0, 0.05) is 29.9 Å². The molecule has 0 aliphatic carbocycles. The zero-order valence-electron chi connectivity index (χ0n) is 16.4. The molecule has 0 unspecified atom stereocenters. The highest BCUT2D eigenvalue weighted by Crippen LogP contribution is 2.35. The van der Waals surface area contributed by atoms with Crippen molar-refractivity contribution in [3.05, 3.63) is 78.9 Å². The van der Waals surface area contributed by atoms with Gasteiger partial charge in [0.25, 0.3) is 5.91 Å². The van der Waals surface area contributed by atoms with Crippen LogP contribution in [0.5, 0.6) is 0 Å². The summed E-state index contributed by atoms with van der Waals surface area (Å²) in [5.41, 5.74) is 13.6. The van der Waals surface area contributed by atoms with Crippen molar-refractivity contribution < 1.29 is 4.79 Å². The second kappa shape index (κ2) is 8.44. The molecule has 2 aromatic heterocycles. The summed E-state index contributed by atoms with van der Waals surface area (Å²) in [5.74, 6) is 0.559. The molecule has 4 aromatic rings. The first kappa shape index (κ1) is 19.1. The highest BCUT2D eigenvalue weighted by atomic mass is 16.2. The summed E-state index contributed by atoms with van der Waals surface area (Å²) in [6, 6.07) is 17.5. The molecule has 0 fully saturated rings. The molecule has 4 N–H and O–H groups in total. The number of carbonyl (C=O) groups excluding carboxylic acids is 1. The van der Waals surface area contributed by atoms with Gasteiger partial charge in [0.15, 0.2) is 11.6 Å². The van der Waals surface area contributed by atoms with Crippen molar-refractivity contribution in [2.24, 2.45) is 0 Å². The molecule has 0 bridgehead atoms. The molecule has 30 heavy (non-hydrogen) atoms. The Morgan fingerprint density at radius 3 is 2.60 bits per heavy atom. The number of amides is 1. The Labute approximate surface area is 173 Å². The van der Waals surface area contributed by atoms with E-state index in [1.54, 1.807) is 24.5 Å². The van der Waals surface area contributed by atoms with E-state index in [0.29, 0.717) is 29.4 Å². The quantitative estimate of drug-likeness (QED) is 0.426. The van der Waals surface area contributed by atoms with Crippen molar-refractivity contribution in [1.29, 1.82) is 0 Å². The van der Waals surface area contributed by atoms with Gasteiger partial charge in [0.2, 0.25) is 0 Å². The number of nitrogens with two attached hydrogens (primary N) is 1. The third kappa shape index (κ3) is 3.70. The maximum atomic E-state index is 12.3. The van der Waals surface area contributed by atoms with Crippen molar-refractivity contribution in [2.45, 2.75) is 6.92 Å². The second-order valence-electron chi connectivity index (χ2n) is 6.52. The summed E-state index contributed by atoms with van der Waals surface area (Å²) in [7, 11) is 0. The number of nitrogen functional groups attached to an aromatic ring is 1. The van der Waals surface area contributed by atoms with Crippen molar-refractivity contribution >= 4 is 39.7 Å². The van der Waals surface area contributed by atoms with Gasteiger partial charge < -0.3 is 10.6 Å². The zero-order valence-corrected chi connectivity index (χ0v) is 16.4. The van der Waals surface area contributed by atoms with Crippen molar-refractivity contribution in [3.8, 4) is 0 Å². The number of nitrogens with zero attached hydrogens (tertiary/aromatic N) is 4. The molecule has 8 nitrogen and oxygen atoms in total. The number of nitrogens with one attached hydrogen (secondary N) is 2. The summed E-state index contributed by atoms with van der Waals surface area (Å²) >= 11 is 0. The Morgan fingerprint density at radius 2 is 1.80 bits per heavy atom. The van der Waals surface area contributed by atoms with Gasteiger partial charge >= 0.3 is 0 Å². The number of fused-ring (bicyclic) bond motifs is 1. The SMILES string of the molecule is CCN(c1ncnc(NNC(=O)c2ccncc2)c1N)c1cccc2ccccc12. The second-order valence-corrected chi connectivity index (χ2v) is 6.52. The summed E-state index contributed by atoms with van der Waals surface area (Å²) in [6.45, 7) is 2.68. The van der Waals surface area contributed by atoms with Gasteiger partial charge in [0.1, 0.15) is 12.0 Å². The number of pyridine rings is 1. The fraction of sp³-hybridized carbons (Fsp3) is 0.0909. The highest BCUT2D eigenvalue weighted by Gasteiger charge is 2.18. The van der Waals surface area contributed by atoms with Crippen LogP contribution in [0.4, 0.5) is 23.0 Å². The zero-order chi connectivity index (χ0) is 20.9. The molecule has 0 saturated carbocycles. The lowest BCUT2D eigenvalue weighted by Gasteiger charge is -2.25. The lowest BCUT2D eigenvalue weighted by atomic mass is 10.1. The Hall–Kier alpha value is -4.20. The van der Waals surface area contributed by atoms with E-state index >= 15 is 0 Å². The van der Waals surface area contributed by atoms with Crippen LogP contribution >= 0.6 is 0 Å². The molecule has 0 spiro atoms. The Morgan fingerprint density at radius 1 is 1.03 bits per heavy atom. The molecule has 1 amide bonds. The van der Waals surface area contributed by atoms with Gasteiger partial charge in [0.05, 0.1) is 5.69 Å². The molecule has 0 atom stereocenters. The maximum absolute atomic E-state index is 12.3. The van der Waals surface area contributed by atoms with E-state index in [1.807, 2.05) is 36.1 Å². The van der Waals surface area contributed by atoms with Crippen LogP contribution in [0.2, 0.25) is 0 Å². The number of hydrogen-bond acceptors (Lipinski definition) is 7. The molecule has 2 aromatic carbocycles. The van der Waals surface area contributed by atoms with Gasteiger partial charge in [-0.3, -0.25) is 20.6 Å². The van der Waals surface area contributed by atoms with E-state index in [-0.39, 0.29) is 5.91 Å². The number of carbonyl (C=O) groups is 1. The van der Waals surface area contributed by atoms with Crippen LogP contribution in [0.3, 0.4) is 0 Å². The fourth-order valence-corrected chi connectivity index (χ4v) is 3.27. The molecular weight excluding hydrogens is 378 g/mol. The van der Waals surface area contributed by atoms with E-state index in [4.69, 9.17) is 5.73 Å². The number of hydrazine groups is 1. The monoisotopic (exact) mass is 399 g/mol. The van der Waals surface area contributed by atoms with E-state index in [1.165, 1.54) is 6.33 Å². The fourth-order valence-electron chi connectivity index (χ4n) is 3.27. The van der Waals surface area contributed by atoms with E-state index in [9.17, 15) is 4.79 Å². The lowest BCUT2D eigenvalue weighted by Crippen LogP contribution is -2.30. The van der Waals surface area contributed by atoms with Crippen LogP contribution in [0.25, 0.3) is 10.8 Å². The molecule has 8 heteroatoms. The summed E-state index contributed by atoms with van der Waals surface area (Å²) < 4.78 is 0. The number of rotatable bonds is 6. The standard InChI is InChI=1S/C22H21N7O/c1-2-29(18-9-5-7-15-6-3-4-8-17(15)18)21-19(23)20(25-14-26-21)27-28-22(30)16-10-12-24-13-11-16/h3-14H,2,23H2,1H3,(H,28,30)(H,25,26,27). The molecule has 2 heterocycles. The van der Waals surface area contributed by atoms with Crippen LogP contribution in [0.15, 0.2) is 73.3 Å². The van der Waals surface area contributed by atoms with E-state index < -0.39 is 0 Å².